The maximum absolute atomic E-state index is 12.9. The zero-order valence-corrected chi connectivity index (χ0v) is 16.6. The van der Waals surface area contributed by atoms with Gasteiger partial charge < -0.3 is 9.80 Å². The van der Waals surface area contributed by atoms with Crippen molar-refractivity contribution in [3.63, 3.8) is 0 Å². The first-order valence-corrected chi connectivity index (χ1v) is 9.96. The summed E-state index contributed by atoms with van der Waals surface area (Å²) in [6.45, 7) is 5.04. The fraction of sp³-hybridized carbons (Fsp3) is 0.273. The van der Waals surface area contributed by atoms with Crippen LogP contribution >= 0.6 is 11.6 Å². The highest BCUT2D eigenvalue weighted by Gasteiger charge is 2.24. The van der Waals surface area contributed by atoms with Crippen LogP contribution in [0.25, 0.3) is 11.3 Å². The number of aryl methyl sites for hydroxylation is 1. The van der Waals surface area contributed by atoms with Gasteiger partial charge in [-0.1, -0.05) is 48.9 Å². The molecule has 0 saturated carbocycles. The first-order valence-electron chi connectivity index (χ1n) is 9.58. The van der Waals surface area contributed by atoms with Crippen molar-refractivity contribution in [2.45, 2.75) is 13.3 Å². The average molecular weight is 395 g/mol. The summed E-state index contributed by atoms with van der Waals surface area (Å²) >= 11 is 6.09. The molecule has 6 heteroatoms. The lowest BCUT2D eigenvalue weighted by molar-refractivity contribution is 0.0741. The molecular formula is C22H23ClN4O. The monoisotopic (exact) mass is 394 g/mol. The Hall–Kier alpha value is -2.79. The van der Waals surface area contributed by atoms with E-state index in [1.54, 1.807) is 0 Å². The maximum Gasteiger partial charge on any atom is 0.272 e. The Morgan fingerprint density at radius 3 is 2.50 bits per heavy atom. The second-order valence-corrected chi connectivity index (χ2v) is 7.41. The minimum absolute atomic E-state index is 0.00493. The molecule has 1 saturated heterocycles. The second kappa shape index (κ2) is 8.07. The molecule has 1 amide bonds. The van der Waals surface area contributed by atoms with Crippen LogP contribution in [0.2, 0.25) is 5.02 Å². The number of hydrogen-bond acceptors (Lipinski definition) is 3. The molecule has 1 aliphatic heterocycles. The number of carbonyl (C=O) groups is 1. The van der Waals surface area contributed by atoms with E-state index in [9.17, 15) is 4.79 Å². The Balaban J connectivity index is 1.41. The van der Waals surface area contributed by atoms with Gasteiger partial charge >= 0.3 is 0 Å². The predicted octanol–water partition coefficient (Wildman–Crippen LogP) is 4.25. The molecule has 2 heterocycles. The lowest BCUT2D eigenvalue weighted by Gasteiger charge is -2.36. The molecular weight excluding hydrogens is 372 g/mol. The fourth-order valence-corrected chi connectivity index (χ4v) is 3.69. The van der Waals surface area contributed by atoms with Crippen molar-refractivity contribution < 1.29 is 4.79 Å². The van der Waals surface area contributed by atoms with Crippen LogP contribution in [0.5, 0.6) is 0 Å². The van der Waals surface area contributed by atoms with Gasteiger partial charge in [-0.25, -0.2) is 0 Å². The van der Waals surface area contributed by atoms with E-state index in [1.807, 2.05) is 47.4 Å². The molecule has 0 unspecified atom stereocenters. The molecule has 0 bridgehead atoms. The summed E-state index contributed by atoms with van der Waals surface area (Å²) in [5.74, 6) is -0.00493. The van der Waals surface area contributed by atoms with Crippen LogP contribution in [0, 0.1) is 0 Å². The van der Waals surface area contributed by atoms with Gasteiger partial charge in [0.25, 0.3) is 5.91 Å². The number of rotatable bonds is 4. The van der Waals surface area contributed by atoms with Gasteiger partial charge in [0.15, 0.2) is 0 Å². The molecule has 1 aliphatic rings. The van der Waals surface area contributed by atoms with Gasteiger partial charge in [-0.2, -0.15) is 5.10 Å². The SMILES string of the molecule is CCc1ccc(-c2cc(C(=O)N3CCN(c4cccc(Cl)c4)CC3)[nH]n2)cc1. The number of carbonyl (C=O) groups excluding carboxylic acids is 1. The molecule has 1 N–H and O–H groups in total. The van der Waals surface area contributed by atoms with Crippen LogP contribution < -0.4 is 4.90 Å². The molecule has 1 aromatic heterocycles. The van der Waals surface area contributed by atoms with Crippen molar-refractivity contribution in [2.75, 3.05) is 31.1 Å². The summed E-state index contributed by atoms with van der Waals surface area (Å²) in [7, 11) is 0. The molecule has 0 aliphatic carbocycles. The minimum Gasteiger partial charge on any atom is -0.368 e. The van der Waals surface area contributed by atoms with Crippen molar-refractivity contribution in [3.05, 3.63) is 70.9 Å². The topological polar surface area (TPSA) is 52.2 Å². The van der Waals surface area contributed by atoms with Gasteiger partial charge in [-0.3, -0.25) is 9.89 Å². The van der Waals surface area contributed by atoms with Crippen molar-refractivity contribution >= 4 is 23.2 Å². The first kappa shape index (κ1) is 18.6. The van der Waals surface area contributed by atoms with E-state index in [0.29, 0.717) is 18.8 Å². The third-order valence-corrected chi connectivity index (χ3v) is 5.44. The van der Waals surface area contributed by atoms with Crippen molar-refractivity contribution in [3.8, 4) is 11.3 Å². The summed E-state index contributed by atoms with van der Waals surface area (Å²) in [5.41, 5.74) is 4.72. The Labute approximate surface area is 169 Å². The summed E-state index contributed by atoms with van der Waals surface area (Å²) in [6.07, 6.45) is 1.01. The van der Waals surface area contributed by atoms with E-state index in [2.05, 4.69) is 34.2 Å². The summed E-state index contributed by atoms with van der Waals surface area (Å²) in [6, 6.07) is 18.0. The molecule has 28 heavy (non-hydrogen) atoms. The number of aromatic nitrogens is 2. The van der Waals surface area contributed by atoms with Gasteiger partial charge in [0, 0.05) is 42.5 Å². The van der Waals surface area contributed by atoms with E-state index in [4.69, 9.17) is 11.6 Å². The number of hydrogen-bond donors (Lipinski definition) is 1. The third-order valence-electron chi connectivity index (χ3n) is 5.21. The lowest BCUT2D eigenvalue weighted by Crippen LogP contribution is -2.48. The van der Waals surface area contributed by atoms with Crippen LogP contribution in [0.15, 0.2) is 54.6 Å². The molecule has 2 aromatic carbocycles. The Bertz CT molecular complexity index is 959. The van der Waals surface area contributed by atoms with Crippen LogP contribution in [0.1, 0.15) is 23.0 Å². The number of amides is 1. The highest BCUT2D eigenvalue weighted by molar-refractivity contribution is 6.30. The zero-order valence-electron chi connectivity index (χ0n) is 15.9. The normalized spacial score (nSPS) is 14.4. The van der Waals surface area contributed by atoms with Crippen LogP contribution in [-0.2, 0) is 6.42 Å². The number of nitrogens with one attached hydrogen (secondary N) is 1. The molecule has 144 valence electrons. The van der Waals surface area contributed by atoms with Crippen molar-refractivity contribution in [1.82, 2.24) is 15.1 Å². The van der Waals surface area contributed by atoms with Crippen LogP contribution in [0.3, 0.4) is 0 Å². The van der Waals surface area contributed by atoms with E-state index >= 15 is 0 Å². The van der Waals surface area contributed by atoms with E-state index in [0.717, 1.165) is 41.5 Å². The molecule has 0 radical (unpaired) electrons. The Morgan fingerprint density at radius 1 is 1.07 bits per heavy atom. The highest BCUT2D eigenvalue weighted by atomic mass is 35.5. The van der Waals surface area contributed by atoms with Gasteiger partial charge in [-0.15, -0.1) is 0 Å². The zero-order chi connectivity index (χ0) is 19.5. The van der Waals surface area contributed by atoms with E-state index in [1.165, 1.54) is 5.56 Å². The van der Waals surface area contributed by atoms with Gasteiger partial charge in [0.05, 0.1) is 5.69 Å². The smallest absolute Gasteiger partial charge is 0.272 e. The number of halogens is 1. The van der Waals surface area contributed by atoms with Crippen molar-refractivity contribution in [1.29, 1.82) is 0 Å². The van der Waals surface area contributed by atoms with Crippen molar-refractivity contribution in [2.24, 2.45) is 0 Å². The van der Waals surface area contributed by atoms with E-state index < -0.39 is 0 Å². The largest absolute Gasteiger partial charge is 0.368 e. The van der Waals surface area contributed by atoms with Crippen LogP contribution in [0.4, 0.5) is 5.69 Å². The summed E-state index contributed by atoms with van der Waals surface area (Å²) in [5, 5.41) is 7.97. The van der Waals surface area contributed by atoms with E-state index in [-0.39, 0.29) is 5.91 Å². The summed E-state index contributed by atoms with van der Waals surface area (Å²) < 4.78 is 0. The fourth-order valence-electron chi connectivity index (χ4n) is 3.50. The number of benzene rings is 2. The maximum atomic E-state index is 12.9. The second-order valence-electron chi connectivity index (χ2n) is 6.98. The standard InChI is InChI=1S/C22H23ClN4O/c1-2-16-6-8-17(9-7-16)20-15-21(25-24-20)22(28)27-12-10-26(11-13-27)19-5-3-4-18(23)14-19/h3-9,14-15H,2,10-13H2,1H3,(H,24,25). The predicted molar refractivity (Wildman–Crippen MR) is 113 cm³/mol. The van der Waals surface area contributed by atoms with Gasteiger partial charge in [-0.05, 0) is 36.2 Å². The lowest BCUT2D eigenvalue weighted by atomic mass is 10.1. The first-order chi connectivity index (χ1) is 13.6. The number of anilines is 1. The van der Waals surface area contributed by atoms with Gasteiger partial charge in [0.2, 0.25) is 0 Å². The number of nitrogens with zero attached hydrogens (tertiary/aromatic N) is 3. The number of H-pyrrole nitrogens is 1. The number of aromatic amines is 1. The highest BCUT2D eigenvalue weighted by Crippen LogP contribution is 2.22. The molecule has 1 fully saturated rings. The summed E-state index contributed by atoms with van der Waals surface area (Å²) in [4.78, 5) is 17.0. The Kier molecular flexibility index (Phi) is 5.35. The Morgan fingerprint density at radius 2 is 1.82 bits per heavy atom. The minimum atomic E-state index is -0.00493. The van der Waals surface area contributed by atoms with Crippen LogP contribution in [-0.4, -0.2) is 47.2 Å². The quantitative estimate of drug-likeness (QED) is 0.719. The average Bonchev–Trinajstić information content (AvgIpc) is 3.24. The molecule has 0 atom stereocenters. The third kappa shape index (κ3) is 3.90. The molecule has 0 spiro atoms. The molecule has 5 nitrogen and oxygen atoms in total. The van der Waals surface area contributed by atoms with Gasteiger partial charge in [0.1, 0.15) is 5.69 Å². The molecule has 4 rings (SSSR count). The molecule has 3 aromatic rings. The number of piperazine rings is 1.